The van der Waals surface area contributed by atoms with E-state index in [1.165, 1.54) is 18.5 Å². The van der Waals surface area contributed by atoms with Crippen molar-refractivity contribution >= 4 is 18.6 Å². The minimum Gasteiger partial charge on any atom is -0.357 e. The Bertz CT molecular complexity index is 1230. The average molecular weight is 565 g/mol. The highest BCUT2D eigenvalue weighted by atomic mass is 16.2. The van der Waals surface area contributed by atoms with Crippen LogP contribution in [0.2, 0.25) is 0 Å². The Labute approximate surface area is 245 Å². The summed E-state index contributed by atoms with van der Waals surface area (Å²) >= 11 is 0. The Balaban J connectivity index is 0.000000885. The Morgan fingerprint density at radius 1 is 0.878 bits per heavy atom. The number of nitrogens with one attached hydrogen (secondary N) is 2. The molecule has 0 fully saturated rings. The van der Waals surface area contributed by atoms with E-state index in [0.29, 0.717) is 18.5 Å². The topological polar surface area (TPSA) is 110 Å². The lowest BCUT2D eigenvalue weighted by molar-refractivity contribution is -0.119. The largest absolute Gasteiger partial charge is 0.357 e. The lowest BCUT2D eigenvalue weighted by Gasteiger charge is -2.22. The van der Waals surface area contributed by atoms with Crippen molar-refractivity contribution < 1.29 is 14.4 Å². The van der Waals surface area contributed by atoms with Crippen molar-refractivity contribution in [1.29, 1.82) is 0 Å². The van der Waals surface area contributed by atoms with Crippen molar-refractivity contribution in [3.63, 3.8) is 0 Å². The molecular weight excluding hydrogens is 516 g/mol. The molecule has 3 aromatic rings. The Hall–Kier alpha value is -4.07. The fraction of sp³-hybridized carbons (Fsp3) is 0.424. The van der Waals surface area contributed by atoms with Crippen molar-refractivity contribution in [2.45, 2.75) is 68.4 Å². The second kappa shape index (κ2) is 19.9. The van der Waals surface area contributed by atoms with E-state index in [0.717, 1.165) is 41.3 Å². The Morgan fingerprint density at radius 2 is 1.44 bits per heavy atom. The van der Waals surface area contributed by atoms with Gasteiger partial charge in [-0.25, -0.2) is 4.68 Å². The molecule has 0 saturated carbocycles. The molecule has 0 unspecified atom stereocenters. The maximum Gasteiger partial charge on any atom is 0.267 e. The maximum atomic E-state index is 12.1. The van der Waals surface area contributed by atoms with Crippen LogP contribution in [-0.4, -0.2) is 41.5 Å². The summed E-state index contributed by atoms with van der Waals surface area (Å²) in [7, 11) is 0. The predicted molar refractivity (Wildman–Crippen MR) is 168 cm³/mol. The number of carbonyl (C=O) groups excluding carboxylic acids is 3. The molecule has 0 aliphatic heterocycles. The number of aromatic nitrogens is 2. The highest BCUT2D eigenvalue weighted by Crippen LogP contribution is 2.23. The summed E-state index contributed by atoms with van der Waals surface area (Å²) in [6.07, 6.45) is 0.747. The molecule has 8 nitrogen and oxygen atoms in total. The van der Waals surface area contributed by atoms with E-state index >= 15 is 0 Å². The van der Waals surface area contributed by atoms with E-state index in [4.69, 9.17) is 4.79 Å². The highest BCUT2D eigenvalue weighted by Gasteiger charge is 2.13. The van der Waals surface area contributed by atoms with Crippen molar-refractivity contribution in [1.82, 2.24) is 20.4 Å². The zero-order valence-electron chi connectivity index (χ0n) is 26.0. The fourth-order valence-corrected chi connectivity index (χ4v) is 2.99. The molecule has 2 N–H and O–H groups in total. The van der Waals surface area contributed by atoms with E-state index < -0.39 is 0 Å². The van der Waals surface area contributed by atoms with Gasteiger partial charge in [0, 0.05) is 38.6 Å². The highest BCUT2D eigenvalue weighted by molar-refractivity contribution is 5.73. The van der Waals surface area contributed by atoms with Gasteiger partial charge in [0.05, 0.1) is 12.2 Å². The second-order valence-electron chi connectivity index (χ2n) is 10.7. The molecule has 0 spiro atoms. The number of nitrogens with zero attached hydrogens (tertiary/aromatic N) is 2. The number of rotatable bonds is 7. The Kier molecular flexibility index (Phi) is 17.9. The second-order valence-corrected chi connectivity index (χ2v) is 10.7. The lowest BCUT2D eigenvalue weighted by atomic mass is 9.84. The Morgan fingerprint density at radius 3 is 1.93 bits per heavy atom. The summed E-state index contributed by atoms with van der Waals surface area (Å²) in [5.41, 5.74) is 4.22. The van der Waals surface area contributed by atoms with E-state index in [-0.39, 0.29) is 17.4 Å². The van der Waals surface area contributed by atoms with Crippen LogP contribution in [0.5, 0.6) is 0 Å². The van der Waals surface area contributed by atoms with Crippen LogP contribution in [0.1, 0.15) is 66.5 Å². The van der Waals surface area contributed by atoms with Gasteiger partial charge in [0.1, 0.15) is 6.79 Å². The van der Waals surface area contributed by atoms with Crippen LogP contribution in [-0.2, 0) is 27.3 Å². The minimum atomic E-state index is -0.126. The predicted octanol–water partition coefficient (Wildman–Crippen LogP) is 5.28. The van der Waals surface area contributed by atoms with Gasteiger partial charge in [0.15, 0.2) is 0 Å². The third kappa shape index (κ3) is 16.6. The smallest absolute Gasteiger partial charge is 0.267 e. The molecule has 0 saturated heterocycles. The average Bonchev–Trinajstić information content (AvgIpc) is 2.92. The van der Waals surface area contributed by atoms with Gasteiger partial charge in [0.2, 0.25) is 11.8 Å². The van der Waals surface area contributed by atoms with E-state index in [2.05, 4.69) is 50.4 Å². The van der Waals surface area contributed by atoms with Crippen molar-refractivity contribution in [2.75, 3.05) is 13.1 Å². The molecule has 3 rings (SSSR count). The molecule has 0 aliphatic carbocycles. The van der Waals surface area contributed by atoms with Crippen LogP contribution < -0.4 is 16.2 Å². The number of hydrogen-bond acceptors (Lipinski definition) is 5. The standard InChI is InChI=1S/C21H21N3O2.C7H16.C4H9NO.CH2O/c1-16(25)22-13-12-17-8-5-9-19(14-17)20-10-11-21(26)24(23-20)15-18-6-3-2-4-7-18;1-6(2)7(3,4)5;1-3-5-4(2)6;1-2/h2-11,14H,12-13,15H2,1H3,(H,22,25);6H,1-5H3;3H2,1-2H3,(H,5,6);1H2. The lowest BCUT2D eigenvalue weighted by Crippen LogP contribution is -2.23. The third-order valence-electron chi connectivity index (χ3n) is 6.21. The van der Waals surface area contributed by atoms with Gasteiger partial charge in [-0.1, -0.05) is 83.1 Å². The van der Waals surface area contributed by atoms with Gasteiger partial charge in [-0.05, 0) is 47.9 Å². The van der Waals surface area contributed by atoms with Crippen LogP contribution in [0.25, 0.3) is 11.3 Å². The van der Waals surface area contributed by atoms with Crippen LogP contribution in [0.4, 0.5) is 0 Å². The summed E-state index contributed by atoms with van der Waals surface area (Å²) < 4.78 is 1.48. The van der Waals surface area contributed by atoms with Crippen LogP contribution >= 0.6 is 0 Å². The first-order valence-corrected chi connectivity index (χ1v) is 13.8. The molecule has 224 valence electrons. The van der Waals surface area contributed by atoms with Gasteiger partial charge >= 0.3 is 0 Å². The van der Waals surface area contributed by atoms with E-state index in [1.807, 2.05) is 68.3 Å². The number of amides is 2. The van der Waals surface area contributed by atoms with Gasteiger partial charge in [-0.2, -0.15) is 5.10 Å². The molecule has 1 heterocycles. The summed E-state index contributed by atoms with van der Waals surface area (Å²) in [5, 5.41) is 9.89. The first kappa shape index (κ1) is 36.9. The first-order chi connectivity index (χ1) is 19.3. The first-order valence-electron chi connectivity index (χ1n) is 13.8. The van der Waals surface area contributed by atoms with Gasteiger partial charge in [-0.3, -0.25) is 14.4 Å². The monoisotopic (exact) mass is 564 g/mol. The normalized spacial score (nSPS) is 10.1. The molecule has 0 bridgehead atoms. The number of hydrogen-bond donors (Lipinski definition) is 2. The number of carbonyl (C=O) groups is 3. The molecule has 41 heavy (non-hydrogen) atoms. The zero-order valence-corrected chi connectivity index (χ0v) is 26.0. The van der Waals surface area contributed by atoms with Gasteiger partial charge < -0.3 is 15.4 Å². The van der Waals surface area contributed by atoms with Crippen LogP contribution in [0.15, 0.2) is 71.5 Å². The van der Waals surface area contributed by atoms with Crippen molar-refractivity contribution in [3.8, 4) is 11.3 Å². The minimum absolute atomic E-state index is 0.0317. The third-order valence-corrected chi connectivity index (χ3v) is 6.21. The quantitative estimate of drug-likeness (QED) is 0.406. The zero-order chi connectivity index (χ0) is 31.4. The summed E-state index contributed by atoms with van der Waals surface area (Å²) in [5.74, 6) is 0.806. The SMILES string of the molecule is C=O.CC(=O)NCCc1cccc(-c2ccc(=O)n(Cc3ccccc3)n2)c1.CC(C)C(C)(C)C.CCNC(C)=O. The maximum absolute atomic E-state index is 12.1. The molecular formula is C33H48N4O4. The summed E-state index contributed by atoms with van der Waals surface area (Å²) in [6, 6.07) is 21.1. The molecule has 0 atom stereocenters. The van der Waals surface area contributed by atoms with Crippen LogP contribution in [0, 0.1) is 11.3 Å². The van der Waals surface area contributed by atoms with Gasteiger partial charge in [0.25, 0.3) is 5.56 Å². The molecule has 1 aromatic heterocycles. The fourth-order valence-electron chi connectivity index (χ4n) is 2.99. The van der Waals surface area contributed by atoms with E-state index in [9.17, 15) is 14.4 Å². The number of benzene rings is 2. The molecule has 2 aromatic carbocycles. The molecule has 8 heteroatoms. The molecule has 0 radical (unpaired) electrons. The molecule has 0 aliphatic rings. The van der Waals surface area contributed by atoms with E-state index in [1.54, 1.807) is 12.1 Å². The summed E-state index contributed by atoms with van der Waals surface area (Å²) in [4.78, 5) is 41.1. The van der Waals surface area contributed by atoms with Gasteiger partial charge in [-0.15, -0.1) is 0 Å². The van der Waals surface area contributed by atoms with Crippen LogP contribution in [0.3, 0.4) is 0 Å². The van der Waals surface area contributed by atoms with Crippen molar-refractivity contribution in [2.24, 2.45) is 11.3 Å². The molecule has 2 amide bonds. The van der Waals surface area contributed by atoms with Crippen molar-refractivity contribution in [3.05, 3.63) is 88.2 Å². The summed E-state index contributed by atoms with van der Waals surface area (Å²) in [6.45, 7) is 20.0.